The largest absolute Gasteiger partial charge is 0.493 e. The fraction of sp³-hybridized carbons (Fsp3) is 0.190. The van der Waals surface area contributed by atoms with Gasteiger partial charge in [-0.3, -0.25) is 4.79 Å². The zero-order valence-electron chi connectivity index (χ0n) is 15.3. The van der Waals surface area contributed by atoms with Gasteiger partial charge in [-0.25, -0.2) is 0 Å². The third kappa shape index (κ3) is 4.89. The second-order valence-corrected chi connectivity index (χ2v) is 5.30. The number of rotatable bonds is 8. The predicted molar refractivity (Wildman–Crippen MR) is 102 cm³/mol. The van der Waals surface area contributed by atoms with E-state index in [2.05, 4.69) is 0 Å². The highest BCUT2D eigenvalue weighted by Crippen LogP contribution is 2.29. The lowest BCUT2D eigenvalue weighted by atomic mass is 10.1. The van der Waals surface area contributed by atoms with Crippen LogP contribution in [0.25, 0.3) is 12.2 Å². The Morgan fingerprint density at radius 3 is 1.38 bits per heavy atom. The number of benzene rings is 2. The van der Waals surface area contributed by atoms with E-state index in [0.717, 1.165) is 11.1 Å². The molecule has 2 aromatic rings. The van der Waals surface area contributed by atoms with Crippen molar-refractivity contribution in [1.29, 1.82) is 0 Å². The molecule has 5 heteroatoms. The minimum Gasteiger partial charge on any atom is -0.493 e. The molecule has 0 heterocycles. The Labute approximate surface area is 153 Å². The van der Waals surface area contributed by atoms with Crippen LogP contribution < -0.4 is 18.9 Å². The Kier molecular flexibility index (Phi) is 6.85. The van der Waals surface area contributed by atoms with Gasteiger partial charge in [-0.05, 0) is 47.5 Å². The molecule has 0 N–H and O–H groups in total. The van der Waals surface area contributed by atoms with Crippen LogP contribution in [0.4, 0.5) is 0 Å². The summed E-state index contributed by atoms with van der Waals surface area (Å²) in [6.07, 6.45) is 6.45. The van der Waals surface area contributed by atoms with Crippen LogP contribution in [0.1, 0.15) is 11.1 Å². The van der Waals surface area contributed by atoms with E-state index in [-0.39, 0.29) is 5.78 Å². The molecule has 0 saturated carbocycles. The molecule has 2 rings (SSSR count). The third-order valence-corrected chi connectivity index (χ3v) is 3.70. The van der Waals surface area contributed by atoms with Crippen LogP contribution in [0.3, 0.4) is 0 Å². The first-order valence-electron chi connectivity index (χ1n) is 7.95. The average molecular weight is 354 g/mol. The van der Waals surface area contributed by atoms with Gasteiger partial charge < -0.3 is 18.9 Å². The van der Waals surface area contributed by atoms with Gasteiger partial charge >= 0.3 is 0 Å². The predicted octanol–water partition coefficient (Wildman–Crippen LogP) is 4.02. The number of ether oxygens (including phenoxy) is 4. The van der Waals surface area contributed by atoms with Crippen molar-refractivity contribution in [1.82, 2.24) is 0 Å². The molecule has 0 aliphatic rings. The van der Waals surface area contributed by atoms with E-state index in [0.29, 0.717) is 23.0 Å². The van der Waals surface area contributed by atoms with Gasteiger partial charge in [0.25, 0.3) is 0 Å². The van der Waals surface area contributed by atoms with Crippen LogP contribution in [-0.4, -0.2) is 34.2 Å². The van der Waals surface area contributed by atoms with Crippen LogP contribution in [0.2, 0.25) is 0 Å². The van der Waals surface area contributed by atoms with Crippen molar-refractivity contribution in [2.75, 3.05) is 28.4 Å². The van der Waals surface area contributed by atoms with Crippen molar-refractivity contribution >= 4 is 17.9 Å². The van der Waals surface area contributed by atoms with E-state index in [9.17, 15) is 4.79 Å². The Morgan fingerprint density at radius 2 is 1.04 bits per heavy atom. The summed E-state index contributed by atoms with van der Waals surface area (Å²) >= 11 is 0. The number of ketones is 1. The summed E-state index contributed by atoms with van der Waals surface area (Å²) in [5.41, 5.74) is 1.69. The molecule has 0 aliphatic carbocycles. The zero-order chi connectivity index (χ0) is 18.9. The van der Waals surface area contributed by atoms with Crippen molar-refractivity contribution in [2.45, 2.75) is 0 Å². The zero-order valence-corrected chi connectivity index (χ0v) is 15.3. The van der Waals surface area contributed by atoms with E-state index in [1.807, 2.05) is 12.1 Å². The number of carbonyl (C=O) groups excluding carboxylic acids is 1. The summed E-state index contributed by atoms with van der Waals surface area (Å²) in [7, 11) is 6.30. The number of hydrogen-bond acceptors (Lipinski definition) is 5. The number of allylic oxidation sites excluding steroid dienone is 2. The lowest BCUT2D eigenvalue weighted by Gasteiger charge is -2.07. The van der Waals surface area contributed by atoms with Crippen LogP contribution in [0, 0.1) is 0 Å². The highest BCUT2D eigenvalue weighted by molar-refractivity contribution is 6.04. The van der Waals surface area contributed by atoms with Crippen molar-refractivity contribution in [2.24, 2.45) is 0 Å². The smallest absolute Gasteiger partial charge is 0.178 e. The SMILES string of the molecule is COc1ccc(/C=C\C(=O)/C=C\c2ccc(OC)c(OC)c2)cc1OC. The van der Waals surface area contributed by atoms with Gasteiger partial charge in [0.2, 0.25) is 0 Å². The van der Waals surface area contributed by atoms with Crippen LogP contribution in [0.5, 0.6) is 23.0 Å². The van der Waals surface area contributed by atoms with Gasteiger partial charge in [0.15, 0.2) is 28.8 Å². The molecule has 0 spiro atoms. The maximum Gasteiger partial charge on any atom is 0.178 e. The molecule has 5 nitrogen and oxygen atoms in total. The Hall–Kier alpha value is -3.21. The monoisotopic (exact) mass is 354 g/mol. The normalized spacial score (nSPS) is 10.9. The summed E-state index contributed by atoms with van der Waals surface area (Å²) in [5.74, 6) is 2.38. The van der Waals surface area contributed by atoms with E-state index in [1.54, 1.807) is 64.9 Å². The van der Waals surface area contributed by atoms with E-state index in [1.165, 1.54) is 12.2 Å². The molecule has 2 aromatic carbocycles. The molecule has 0 saturated heterocycles. The van der Waals surface area contributed by atoms with Crippen molar-refractivity contribution < 1.29 is 23.7 Å². The van der Waals surface area contributed by atoms with Gasteiger partial charge in [-0.2, -0.15) is 0 Å². The van der Waals surface area contributed by atoms with E-state index in [4.69, 9.17) is 18.9 Å². The maximum absolute atomic E-state index is 12.1. The fourth-order valence-electron chi connectivity index (χ4n) is 2.33. The third-order valence-electron chi connectivity index (χ3n) is 3.70. The topological polar surface area (TPSA) is 54.0 Å². The second-order valence-electron chi connectivity index (χ2n) is 5.30. The van der Waals surface area contributed by atoms with Gasteiger partial charge in [0, 0.05) is 0 Å². The number of methoxy groups -OCH3 is 4. The van der Waals surface area contributed by atoms with Gasteiger partial charge in [-0.1, -0.05) is 24.3 Å². The summed E-state index contributed by atoms with van der Waals surface area (Å²) < 4.78 is 20.9. The summed E-state index contributed by atoms with van der Waals surface area (Å²) in [6, 6.07) is 10.9. The van der Waals surface area contributed by atoms with Crippen LogP contribution in [0.15, 0.2) is 48.6 Å². The summed E-state index contributed by atoms with van der Waals surface area (Å²) in [4.78, 5) is 12.1. The molecule has 0 radical (unpaired) electrons. The Morgan fingerprint density at radius 1 is 0.654 bits per heavy atom. The minimum atomic E-state index is -0.130. The molecule has 26 heavy (non-hydrogen) atoms. The van der Waals surface area contributed by atoms with Gasteiger partial charge in [0.05, 0.1) is 28.4 Å². The van der Waals surface area contributed by atoms with Crippen LogP contribution >= 0.6 is 0 Å². The summed E-state index contributed by atoms with van der Waals surface area (Å²) in [5, 5.41) is 0. The molecule has 0 amide bonds. The first-order chi connectivity index (χ1) is 12.6. The van der Waals surface area contributed by atoms with Gasteiger partial charge in [0.1, 0.15) is 0 Å². The standard InChI is InChI=1S/C21H22O5/c1-23-18-11-7-15(13-20(18)25-3)5-9-17(22)10-6-16-8-12-19(24-2)21(14-16)26-4/h5-14H,1-4H3/b9-5-,10-6-. The molecule has 0 atom stereocenters. The Bertz CT molecular complexity index is 754. The molecule has 0 bridgehead atoms. The second kappa shape index (κ2) is 9.32. The molecular weight excluding hydrogens is 332 g/mol. The van der Waals surface area contributed by atoms with E-state index < -0.39 is 0 Å². The Balaban J connectivity index is 2.08. The lowest BCUT2D eigenvalue weighted by molar-refractivity contribution is -0.110. The van der Waals surface area contributed by atoms with Crippen molar-refractivity contribution in [3.63, 3.8) is 0 Å². The molecule has 0 unspecified atom stereocenters. The molecule has 0 aromatic heterocycles. The van der Waals surface area contributed by atoms with Crippen LogP contribution in [-0.2, 0) is 4.79 Å². The number of hydrogen-bond donors (Lipinski definition) is 0. The quantitative estimate of drug-likeness (QED) is 0.670. The fourth-order valence-corrected chi connectivity index (χ4v) is 2.33. The lowest BCUT2D eigenvalue weighted by Crippen LogP contribution is -1.91. The number of carbonyl (C=O) groups is 1. The van der Waals surface area contributed by atoms with Crippen molar-refractivity contribution in [3.8, 4) is 23.0 Å². The molecule has 0 fully saturated rings. The molecule has 0 aliphatic heterocycles. The van der Waals surface area contributed by atoms with Gasteiger partial charge in [-0.15, -0.1) is 0 Å². The first kappa shape index (κ1) is 19.1. The highest BCUT2D eigenvalue weighted by Gasteiger charge is 2.04. The minimum absolute atomic E-state index is 0.130. The van der Waals surface area contributed by atoms with E-state index >= 15 is 0 Å². The maximum atomic E-state index is 12.1. The van der Waals surface area contributed by atoms with Crippen molar-refractivity contribution in [3.05, 3.63) is 59.7 Å². The summed E-state index contributed by atoms with van der Waals surface area (Å²) in [6.45, 7) is 0. The first-order valence-corrected chi connectivity index (χ1v) is 7.95. The molecule has 136 valence electrons. The average Bonchev–Trinajstić information content (AvgIpc) is 2.69. The molecular formula is C21H22O5. The highest BCUT2D eigenvalue weighted by atomic mass is 16.5.